The highest BCUT2D eigenvalue weighted by Crippen LogP contribution is 2.52. The molecule has 1 nitrogen and oxygen atoms in total. The number of hydrogen-bond donors (Lipinski definition) is 0. The lowest BCUT2D eigenvalue weighted by Crippen LogP contribution is -1.92. The fourth-order valence-electron chi connectivity index (χ4n) is 8.99. The predicted octanol–water partition coefficient (Wildman–Crippen LogP) is 14.3. The van der Waals surface area contributed by atoms with Crippen LogP contribution in [0.2, 0.25) is 0 Å². The minimum atomic E-state index is 0.913. The molecule has 0 radical (unpaired) electrons. The number of furan rings is 1. The van der Waals surface area contributed by atoms with Crippen molar-refractivity contribution in [3.05, 3.63) is 170 Å². The molecular formula is C50H28O. The third-order valence-electron chi connectivity index (χ3n) is 11.2. The Bertz CT molecular complexity index is 3250. The molecule has 0 fully saturated rings. The standard InChI is InChI=1S/C50H28O/c1-4-16-36-29(11-1)23-24-41-49-35(21-10-22-45(49)51-50(36)41)30-13-9-14-32(25-30)46-37-17-5-7-19-39(37)48(40-20-8-6-18-38(40)46)43-26-31-12-2-3-15-34(31)47-42-27-33(42)28-44(43)47/h1-28H. The highest BCUT2D eigenvalue weighted by atomic mass is 16.3. The molecular weight excluding hydrogens is 617 g/mol. The Morgan fingerprint density at radius 2 is 0.941 bits per heavy atom. The Morgan fingerprint density at radius 1 is 0.294 bits per heavy atom. The predicted molar refractivity (Wildman–Crippen MR) is 217 cm³/mol. The zero-order valence-electron chi connectivity index (χ0n) is 27.6. The monoisotopic (exact) mass is 644 g/mol. The van der Waals surface area contributed by atoms with Crippen LogP contribution < -0.4 is 0 Å². The molecule has 1 heteroatoms. The van der Waals surface area contributed by atoms with Gasteiger partial charge in [-0.05, 0) is 129 Å². The molecule has 1 aromatic heterocycles. The van der Waals surface area contributed by atoms with E-state index in [1.54, 1.807) is 0 Å². The average molecular weight is 645 g/mol. The van der Waals surface area contributed by atoms with E-state index < -0.39 is 0 Å². The number of benzene rings is 10. The Balaban J connectivity index is 1.13. The van der Waals surface area contributed by atoms with Crippen LogP contribution in [0.4, 0.5) is 0 Å². The second-order valence-corrected chi connectivity index (χ2v) is 14.0. The zero-order chi connectivity index (χ0) is 33.2. The SMILES string of the molecule is c1cc(-c2c3ccccc3c(-c3cc4ccccc4c4c5cc-5cc34)c3ccccc23)cc(-c2cccc3oc4c5ccccc5ccc4c23)c1. The van der Waals surface area contributed by atoms with E-state index in [-0.39, 0.29) is 0 Å². The van der Waals surface area contributed by atoms with Crippen LogP contribution in [0.15, 0.2) is 174 Å². The maximum atomic E-state index is 6.57. The first kappa shape index (κ1) is 27.2. The number of fused-ring (bicyclic) bond motifs is 12. The van der Waals surface area contributed by atoms with Crippen molar-refractivity contribution in [2.45, 2.75) is 0 Å². The summed E-state index contributed by atoms with van der Waals surface area (Å²) in [5.41, 5.74) is 12.1. The van der Waals surface area contributed by atoms with E-state index in [2.05, 4.69) is 170 Å². The largest absolute Gasteiger partial charge is 0.455 e. The van der Waals surface area contributed by atoms with E-state index >= 15 is 0 Å². The third kappa shape index (κ3) is 3.75. The van der Waals surface area contributed by atoms with Crippen LogP contribution in [0.25, 0.3) is 120 Å². The lowest BCUT2D eigenvalue weighted by Gasteiger charge is -2.19. The summed E-state index contributed by atoms with van der Waals surface area (Å²) in [6, 6.07) is 62.4. The molecule has 0 atom stereocenters. The van der Waals surface area contributed by atoms with Crippen LogP contribution >= 0.6 is 0 Å². The molecule has 234 valence electrons. The third-order valence-corrected chi connectivity index (χ3v) is 11.2. The van der Waals surface area contributed by atoms with Crippen LogP contribution in [0.1, 0.15) is 0 Å². The van der Waals surface area contributed by atoms with Crippen LogP contribution in [0.3, 0.4) is 0 Å². The molecule has 0 unspecified atom stereocenters. The van der Waals surface area contributed by atoms with Crippen molar-refractivity contribution in [2.75, 3.05) is 0 Å². The summed E-state index contributed by atoms with van der Waals surface area (Å²) in [5.74, 6) is 0. The van der Waals surface area contributed by atoms with E-state index in [1.807, 2.05) is 0 Å². The summed E-state index contributed by atoms with van der Waals surface area (Å²) in [7, 11) is 0. The van der Waals surface area contributed by atoms with Gasteiger partial charge in [0.2, 0.25) is 0 Å². The lowest BCUT2D eigenvalue weighted by atomic mass is 9.84. The molecule has 0 spiro atoms. The Labute approximate surface area is 293 Å². The Kier molecular flexibility index (Phi) is 5.29. The molecule has 0 aliphatic heterocycles. The molecule has 2 aliphatic carbocycles. The van der Waals surface area contributed by atoms with Crippen molar-refractivity contribution in [1.82, 2.24) is 0 Å². The molecule has 0 N–H and O–H groups in total. The zero-order valence-corrected chi connectivity index (χ0v) is 27.6. The van der Waals surface area contributed by atoms with Gasteiger partial charge in [-0.2, -0.15) is 0 Å². The van der Waals surface area contributed by atoms with E-state index in [9.17, 15) is 0 Å². The molecule has 12 rings (SSSR count). The minimum Gasteiger partial charge on any atom is -0.455 e. The second-order valence-electron chi connectivity index (χ2n) is 14.0. The maximum absolute atomic E-state index is 6.57. The Hall–Kier alpha value is -6.70. The summed E-state index contributed by atoms with van der Waals surface area (Å²) in [6.07, 6.45) is 0. The molecule has 0 bridgehead atoms. The van der Waals surface area contributed by atoms with Crippen molar-refractivity contribution >= 4 is 75.8 Å². The maximum Gasteiger partial charge on any atom is 0.143 e. The van der Waals surface area contributed by atoms with Gasteiger partial charge in [0, 0.05) is 16.2 Å². The van der Waals surface area contributed by atoms with E-state index in [0.29, 0.717) is 0 Å². The topological polar surface area (TPSA) is 13.1 Å². The van der Waals surface area contributed by atoms with E-state index in [0.717, 1.165) is 27.3 Å². The van der Waals surface area contributed by atoms with Crippen LogP contribution in [-0.2, 0) is 0 Å². The summed E-state index contributed by atoms with van der Waals surface area (Å²) in [4.78, 5) is 0. The fourth-order valence-corrected chi connectivity index (χ4v) is 8.99. The van der Waals surface area contributed by atoms with Crippen molar-refractivity contribution in [3.8, 4) is 44.5 Å². The normalized spacial score (nSPS) is 12.3. The van der Waals surface area contributed by atoms with Gasteiger partial charge >= 0.3 is 0 Å². The van der Waals surface area contributed by atoms with Gasteiger partial charge in [0.15, 0.2) is 0 Å². The molecule has 9 aromatic carbocycles. The number of hydrogen-bond acceptors (Lipinski definition) is 1. The minimum absolute atomic E-state index is 0.913. The summed E-state index contributed by atoms with van der Waals surface area (Å²) < 4.78 is 6.57. The second kappa shape index (κ2) is 9.94. The van der Waals surface area contributed by atoms with Gasteiger partial charge in [-0.15, -0.1) is 0 Å². The molecule has 0 saturated carbocycles. The molecule has 0 amide bonds. The van der Waals surface area contributed by atoms with Gasteiger partial charge in [0.25, 0.3) is 0 Å². The van der Waals surface area contributed by atoms with Gasteiger partial charge in [-0.3, -0.25) is 0 Å². The Morgan fingerprint density at radius 3 is 1.73 bits per heavy atom. The molecule has 1 heterocycles. The van der Waals surface area contributed by atoms with Crippen molar-refractivity contribution in [1.29, 1.82) is 0 Å². The van der Waals surface area contributed by atoms with E-state index in [1.165, 1.54) is 93.0 Å². The smallest absolute Gasteiger partial charge is 0.143 e. The van der Waals surface area contributed by atoms with Crippen LogP contribution in [-0.4, -0.2) is 0 Å². The quantitative estimate of drug-likeness (QED) is 0.138. The van der Waals surface area contributed by atoms with Crippen LogP contribution in [0, 0.1) is 0 Å². The molecule has 10 aromatic rings. The van der Waals surface area contributed by atoms with Crippen molar-refractivity contribution in [3.63, 3.8) is 0 Å². The number of rotatable bonds is 3. The first-order valence-corrected chi connectivity index (χ1v) is 17.7. The first-order chi connectivity index (χ1) is 25.3. The van der Waals surface area contributed by atoms with Gasteiger partial charge in [-0.1, -0.05) is 133 Å². The highest BCUT2D eigenvalue weighted by Gasteiger charge is 2.25. The van der Waals surface area contributed by atoms with Gasteiger partial charge in [-0.25, -0.2) is 0 Å². The van der Waals surface area contributed by atoms with Crippen LogP contribution in [0.5, 0.6) is 0 Å². The summed E-state index contributed by atoms with van der Waals surface area (Å²) in [5, 5.41) is 15.1. The fraction of sp³-hybridized carbons (Fsp3) is 0. The van der Waals surface area contributed by atoms with Gasteiger partial charge in [0.05, 0.1) is 0 Å². The lowest BCUT2D eigenvalue weighted by molar-refractivity contribution is 0.673. The molecule has 0 saturated heterocycles. The van der Waals surface area contributed by atoms with Gasteiger partial charge < -0.3 is 4.42 Å². The summed E-state index contributed by atoms with van der Waals surface area (Å²) >= 11 is 0. The highest BCUT2D eigenvalue weighted by molar-refractivity contribution is 6.30. The van der Waals surface area contributed by atoms with Gasteiger partial charge in [0.1, 0.15) is 11.2 Å². The van der Waals surface area contributed by atoms with Crippen molar-refractivity contribution < 1.29 is 4.42 Å². The summed E-state index contributed by atoms with van der Waals surface area (Å²) in [6.45, 7) is 0. The van der Waals surface area contributed by atoms with Crippen molar-refractivity contribution in [2.24, 2.45) is 0 Å². The molecule has 2 aliphatic rings. The van der Waals surface area contributed by atoms with E-state index in [4.69, 9.17) is 4.42 Å². The molecule has 51 heavy (non-hydrogen) atoms. The first-order valence-electron chi connectivity index (χ1n) is 17.7. The average Bonchev–Trinajstić information content (AvgIpc) is 3.68.